The molecule has 0 heterocycles. The van der Waals surface area contributed by atoms with Gasteiger partial charge in [0.05, 0.1) is 5.75 Å². The van der Waals surface area contributed by atoms with Crippen LogP contribution in [0.2, 0.25) is 0 Å². The zero-order valence-electron chi connectivity index (χ0n) is 9.96. The van der Waals surface area contributed by atoms with Crippen LogP contribution in [0.3, 0.4) is 0 Å². The minimum atomic E-state index is -3.11. The number of rotatable bonds is 6. The molecule has 6 heteroatoms. The van der Waals surface area contributed by atoms with Crippen molar-refractivity contribution >= 4 is 26.0 Å². The summed E-state index contributed by atoms with van der Waals surface area (Å²) in [5.74, 6) is 0.0938. The van der Waals surface area contributed by atoms with E-state index in [9.17, 15) is 8.42 Å². The highest BCUT2D eigenvalue weighted by atomic mass is 79.9. The third-order valence-electron chi connectivity index (χ3n) is 2.42. The number of aryl methyl sites for hydroxylation is 1. The molecule has 0 saturated carbocycles. The molecule has 96 valence electrons. The first-order valence-corrected chi connectivity index (χ1v) is 7.76. The van der Waals surface area contributed by atoms with Gasteiger partial charge in [0.25, 0.3) is 0 Å². The minimum absolute atomic E-state index is 0.0938. The van der Waals surface area contributed by atoms with Gasteiger partial charge in [-0.2, -0.15) is 0 Å². The van der Waals surface area contributed by atoms with Crippen molar-refractivity contribution in [2.45, 2.75) is 13.5 Å². The second kappa shape index (κ2) is 6.49. The minimum Gasteiger partial charge on any atom is -0.312 e. The number of hydrogen-bond acceptors (Lipinski definition) is 3. The zero-order chi connectivity index (χ0) is 12.9. The molecule has 0 spiro atoms. The van der Waals surface area contributed by atoms with Gasteiger partial charge in [-0.3, -0.25) is 0 Å². The third kappa shape index (κ3) is 5.16. The Bertz CT molecular complexity index is 474. The van der Waals surface area contributed by atoms with E-state index < -0.39 is 10.0 Å². The topological polar surface area (TPSA) is 58.2 Å². The lowest BCUT2D eigenvalue weighted by molar-refractivity contribution is 0.583. The Kier molecular flexibility index (Phi) is 5.58. The van der Waals surface area contributed by atoms with Crippen LogP contribution in [0.4, 0.5) is 0 Å². The van der Waals surface area contributed by atoms with E-state index in [1.54, 1.807) is 0 Å². The van der Waals surface area contributed by atoms with Gasteiger partial charge >= 0.3 is 0 Å². The van der Waals surface area contributed by atoms with Gasteiger partial charge in [-0.25, -0.2) is 13.1 Å². The molecule has 0 amide bonds. The fourth-order valence-corrected chi connectivity index (χ4v) is 2.33. The Hall–Kier alpha value is -0.430. The van der Waals surface area contributed by atoms with Crippen molar-refractivity contribution in [3.05, 3.63) is 33.8 Å². The van der Waals surface area contributed by atoms with Gasteiger partial charge in [0.1, 0.15) is 0 Å². The summed E-state index contributed by atoms with van der Waals surface area (Å²) in [5, 5.41) is 3.10. The van der Waals surface area contributed by atoms with Crippen LogP contribution in [0.25, 0.3) is 0 Å². The molecule has 0 aliphatic carbocycles. The predicted octanol–water partition coefficient (Wildman–Crippen LogP) is 1.40. The summed E-state index contributed by atoms with van der Waals surface area (Å²) in [5.41, 5.74) is 2.32. The molecular weight excluding hydrogens is 304 g/mol. The molecule has 0 saturated heterocycles. The SMILES string of the molecule is CNS(=O)(=O)CCNCc1ccc(C)c(Br)c1. The Labute approximate surface area is 111 Å². The number of halogens is 1. The highest BCUT2D eigenvalue weighted by Gasteiger charge is 2.05. The lowest BCUT2D eigenvalue weighted by Crippen LogP contribution is -2.29. The van der Waals surface area contributed by atoms with Crippen molar-refractivity contribution < 1.29 is 8.42 Å². The van der Waals surface area contributed by atoms with Crippen molar-refractivity contribution in [3.8, 4) is 0 Å². The molecule has 0 aliphatic heterocycles. The molecule has 17 heavy (non-hydrogen) atoms. The molecular formula is C11H17BrN2O2S. The van der Waals surface area contributed by atoms with Crippen LogP contribution in [0.5, 0.6) is 0 Å². The number of sulfonamides is 1. The lowest BCUT2D eigenvalue weighted by atomic mass is 10.1. The van der Waals surface area contributed by atoms with Crippen LogP contribution >= 0.6 is 15.9 Å². The largest absolute Gasteiger partial charge is 0.312 e. The number of nitrogens with one attached hydrogen (secondary N) is 2. The third-order valence-corrected chi connectivity index (χ3v) is 4.64. The number of benzene rings is 1. The zero-order valence-corrected chi connectivity index (χ0v) is 12.4. The molecule has 0 atom stereocenters. The van der Waals surface area contributed by atoms with Gasteiger partial charge in [0, 0.05) is 17.6 Å². The van der Waals surface area contributed by atoms with E-state index in [0.717, 1.165) is 10.0 Å². The molecule has 0 aliphatic rings. The van der Waals surface area contributed by atoms with Gasteiger partial charge in [0.15, 0.2) is 0 Å². The van der Waals surface area contributed by atoms with E-state index in [4.69, 9.17) is 0 Å². The Morgan fingerprint density at radius 1 is 1.35 bits per heavy atom. The van der Waals surface area contributed by atoms with E-state index in [0.29, 0.717) is 13.1 Å². The standard InChI is InChI=1S/C11H17BrN2O2S/c1-9-3-4-10(7-11(9)12)8-14-5-6-17(15,16)13-2/h3-4,7,13-14H,5-6,8H2,1-2H3. The number of hydrogen-bond donors (Lipinski definition) is 2. The van der Waals surface area contributed by atoms with Crippen LogP contribution in [0.1, 0.15) is 11.1 Å². The van der Waals surface area contributed by atoms with E-state index >= 15 is 0 Å². The molecule has 1 rings (SSSR count). The molecule has 1 aromatic carbocycles. The molecule has 0 fully saturated rings. The fourth-order valence-electron chi connectivity index (χ4n) is 1.29. The van der Waals surface area contributed by atoms with Crippen molar-refractivity contribution in [3.63, 3.8) is 0 Å². The van der Waals surface area contributed by atoms with Crippen LogP contribution in [-0.2, 0) is 16.6 Å². The van der Waals surface area contributed by atoms with Gasteiger partial charge in [-0.1, -0.05) is 28.1 Å². The van der Waals surface area contributed by atoms with Crippen LogP contribution < -0.4 is 10.0 Å². The smallest absolute Gasteiger partial charge is 0.212 e. The Morgan fingerprint density at radius 2 is 2.06 bits per heavy atom. The average Bonchev–Trinajstić information content (AvgIpc) is 2.29. The quantitative estimate of drug-likeness (QED) is 0.779. The second-order valence-electron chi connectivity index (χ2n) is 3.78. The average molecular weight is 321 g/mol. The van der Waals surface area contributed by atoms with Crippen molar-refractivity contribution in [1.82, 2.24) is 10.0 Å². The van der Waals surface area contributed by atoms with Gasteiger partial charge in [0.2, 0.25) is 10.0 Å². The molecule has 4 nitrogen and oxygen atoms in total. The predicted molar refractivity (Wildman–Crippen MR) is 73.4 cm³/mol. The normalized spacial score (nSPS) is 11.7. The van der Waals surface area contributed by atoms with Crippen molar-refractivity contribution in [2.24, 2.45) is 0 Å². The van der Waals surface area contributed by atoms with E-state index in [1.807, 2.05) is 25.1 Å². The van der Waals surface area contributed by atoms with E-state index in [-0.39, 0.29) is 5.75 Å². The van der Waals surface area contributed by atoms with E-state index in [2.05, 4.69) is 26.0 Å². The van der Waals surface area contributed by atoms with Crippen LogP contribution in [0.15, 0.2) is 22.7 Å². The molecule has 2 N–H and O–H groups in total. The Morgan fingerprint density at radius 3 is 2.65 bits per heavy atom. The summed E-state index contributed by atoms with van der Waals surface area (Å²) in [6, 6.07) is 6.10. The van der Waals surface area contributed by atoms with E-state index in [1.165, 1.54) is 12.6 Å². The highest BCUT2D eigenvalue weighted by molar-refractivity contribution is 9.10. The summed E-state index contributed by atoms with van der Waals surface area (Å²) < 4.78 is 25.7. The maximum absolute atomic E-state index is 11.2. The maximum Gasteiger partial charge on any atom is 0.212 e. The van der Waals surface area contributed by atoms with Gasteiger partial charge in [-0.15, -0.1) is 0 Å². The highest BCUT2D eigenvalue weighted by Crippen LogP contribution is 2.17. The summed E-state index contributed by atoms with van der Waals surface area (Å²) in [4.78, 5) is 0. The molecule has 0 radical (unpaired) electrons. The van der Waals surface area contributed by atoms with Crippen molar-refractivity contribution in [2.75, 3.05) is 19.3 Å². The second-order valence-corrected chi connectivity index (χ2v) is 6.68. The molecule has 0 unspecified atom stereocenters. The summed E-state index contributed by atoms with van der Waals surface area (Å²) in [7, 11) is -1.69. The molecule has 0 aromatic heterocycles. The first kappa shape index (κ1) is 14.6. The van der Waals surface area contributed by atoms with Crippen molar-refractivity contribution in [1.29, 1.82) is 0 Å². The van der Waals surface area contributed by atoms with Crippen LogP contribution in [0, 0.1) is 6.92 Å². The van der Waals surface area contributed by atoms with Gasteiger partial charge in [-0.05, 0) is 31.2 Å². The monoisotopic (exact) mass is 320 g/mol. The first-order chi connectivity index (χ1) is 7.94. The lowest BCUT2D eigenvalue weighted by Gasteiger charge is -2.07. The maximum atomic E-state index is 11.2. The van der Waals surface area contributed by atoms with Gasteiger partial charge < -0.3 is 5.32 Å². The summed E-state index contributed by atoms with van der Waals surface area (Å²) in [6.45, 7) is 3.13. The molecule has 1 aromatic rings. The summed E-state index contributed by atoms with van der Waals surface area (Å²) >= 11 is 3.46. The first-order valence-electron chi connectivity index (χ1n) is 5.31. The summed E-state index contributed by atoms with van der Waals surface area (Å²) in [6.07, 6.45) is 0. The van der Waals surface area contributed by atoms with Crippen LogP contribution in [-0.4, -0.2) is 27.8 Å². The Balaban J connectivity index is 2.39. The fraction of sp³-hybridized carbons (Fsp3) is 0.455. The molecule has 0 bridgehead atoms.